The molecule has 0 saturated heterocycles. The van der Waals surface area contributed by atoms with Gasteiger partial charge in [-0.05, 0) is 55.3 Å². The van der Waals surface area contributed by atoms with E-state index < -0.39 is 0 Å². The molecule has 0 saturated carbocycles. The lowest BCUT2D eigenvalue weighted by Gasteiger charge is -2.09. The van der Waals surface area contributed by atoms with Crippen LogP contribution in [0.4, 0.5) is 0 Å². The molecule has 2 aromatic carbocycles. The molecule has 0 radical (unpaired) electrons. The molecule has 0 bridgehead atoms. The maximum atomic E-state index is 12.6. The van der Waals surface area contributed by atoms with Crippen molar-refractivity contribution < 1.29 is 14.3 Å². The minimum atomic E-state index is -0.0753. The van der Waals surface area contributed by atoms with Crippen LogP contribution < -0.4 is 14.8 Å². The lowest BCUT2D eigenvalue weighted by atomic mass is 10.1. The number of carbonyl (C=O) groups excluding carboxylic acids is 1. The normalized spacial score (nSPS) is 11.0. The second kappa shape index (κ2) is 8.09. The number of fused-ring (bicyclic) bond motifs is 2. The SMILES string of the molecule is COc1ccc(CCNC(=O)c2cc3cc4cc(C)ccc4nc3s2)cc1OC. The van der Waals surface area contributed by atoms with Crippen molar-refractivity contribution in [2.24, 2.45) is 0 Å². The van der Waals surface area contributed by atoms with Crippen molar-refractivity contribution in [1.82, 2.24) is 10.3 Å². The largest absolute Gasteiger partial charge is 0.493 e. The van der Waals surface area contributed by atoms with Crippen LogP contribution in [0.5, 0.6) is 11.5 Å². The Bertz CT molecular complexity index is 1200. The number of benzene rings is 2. The van der Waals surface area contributed by atoms with E-state index in [4.69, 9.17) is 14.5 Å². The number of pyridine rings is 1. The number of thiophene rings is 1. The Kier molecular flexibility index (Phi) is 5.36. The van der Waals surface area contributed by atoms with Crippen LogP contribution in [0.1, 0.15) is 20.8 Å². The number of ether oxygens (including phenoxy) is 2. The Morgan fingerprint density at radius 3 is 2.62 bits per heavy atom. The summed E-state index contributed by atoms with van der Waals surface area (Å²) >= 11 is 1.42. The Labute approximate surface area is 173 Å². The summed E-state index contributed by atoms with van der Waals surface area (Å²) in [7, 11) is 3.23. The number of rotatable bonds is 6. The van der Waals surface area contributed by atoms with Crippen LogP contribution >= 0.6 is 11.3 Å². The summed E-state index contributed by atoms with van der Waals surface area (Å²) in [6, 6.07) is 16.0. The summed E-state index contributed by atoms with van der Waals surface area (Å²) in [5.74, 6) is 1.31. The van der Waals surface area contributed by atoms with Gasteiger partial charge in [-0.15, -0.1) is 11.3 Å². The van der Waals surface area contributed by atoms with Crippen LogP contribution in [-0.2, 0) is 6.42 Å². The maximum absolute atomic E-state index is 12.6. The number of hydrogen-bond donors (Lipinski definition) is 1. The van der Waals surface area contributed by atoms with Gasteiger partial charge in [0.05, 0.1) is 24.6 Å². The van der Waals surface area contributed by atoms with Crippen LogP contribution in [-0.4, -0.2) is 31.7 Å². The lowest BCUT2D eigenvalue weighted by Crippen LogP contribution is -2.24. The number of carbonyl (C=O) groups is 1. The van der Waals surface area contributed by atoms with Crippen molar-refractivity contribution in [3.05, 3.63) is 64.5 Å². The molecule has 4 aromatic rings. The Morgan fingerprint density at radius 1 is 1.00 bits per heavy atom. The van der Waals surface area contributed by atoms with Gasteiger partial charge in [-0.1, -0.05) is 17.7 Å². The highest BCUT2D eigenvalue weighted by molar-refractivity contribution is 7.20. The van der Waals surface area contributed by atoms with Crippen molar-refractivity contribution in [1.29, 1.82) is 0 Å². The summed E-state index contributed by atoms with van der Waals surface area (Å²) < 4.78 is 10.6. The molecule has 2 heterocycles. The molecule has 0 aliphatic carbocycles. The van der Waals surface area contributed by atoms with Gasteiger partial charge in [-0.3, -0.25) is 4.79 Å². The molecule has 0 unspecified atom stereocenters. The van der Waals surface area contributed by atoms with Crippen molar-refractivity contribution >= 4 is 38.4 Å². The molecular weight excluding hydrogens is 384 g/mol. The molecule has 5 nitrogen and oxygen atoms in total. The first-order chi connectivity index (χ1) is 14.1. The molecule has 0 aliphatic heterocycles. The van der Waals surface area contributed by atoms with Gasteiger partial charge in [0.25, 0.3) is 5.91 Å². The van der Waals surface area contributed by atoms with Gasteiger partial charge in [0.15, 0.2) is 11.5 Å². The first-order valence-corrected chi connectivity index (χ1v) is 10.2. The van der Waals surface area contributed by atoms with Gasteiger partial charge < -0.3 is 14.8 Å². The predicted octanol–water partition coefficient (Wildman–Crippen LogP) is 4.75. The smallest absolute Gasteiger partial charge is 0.261 e. The number of nitrogens with zero attached hydrogens (tertiary/aromatic N) is 1. The monoisotopic (exact) mass is 406 g/mol. The molecule has 0 fully saturated rings. The Morgan fingerprint density at radius 2 is 1.83 bits per heavy atom. The molecule has 0 spiro atoms. The molecule has 0 atom stereocenters. The third-order valence-electron chi connectivity index (χ3n) is 4.83. The maximum Gasteiger partial charge on any atom is 0.261 e. The topological polar surface area (TPSA) is 60.5 Å². The summed E-state index contributed by atoms with van der Waals surface area (Å²) in [6.45, 7) is 2.60. The number of methoxy groups -OCH3 is 2. The van der Waals surface area contributed by atoms with Crippen molar-refractivity contribution in [3.63, 3.8) is 0 Å². The first-order valence-electron chi connectivity index (χ1n) is 9.37. The van der Waals surface area contributed by atoms with Gasteiger partial charge in [-0.2, -0.15) is 0 Å². The van der Waals surface area contributed by atoms with Crippen LogP contribution in [0.2, 0.25) is 0 Å². The summed E-state index contributed by atoms with van der Waals surface area (Å²) in [6.07, 6.45) is 0.707. The molecule has 2 aromatic heterocycles. The molecule has 148 valence electrons. The number of aryl methyl sites for hydroxylation is 1. The number of nitrogens with one attached hydrogen (secondary N) is 1. The van der Waals surface area contributed by atoms with E-state index in [9.17, 15) is 4.79 Å². The Balaban J connectivity index is 1.45. The van der Waals surface area contributed by atoms with Gasteiger partial charge >= 0.3 is 0 Å². The minimum Gasteiger partial charge on any atom is -0.493 e. The third-order valence-corrected chi connectivity index (χ3v) is 5.87. The highest BCUT2D eigenvalue weighted by atomic mass is 32.1. The predicted molar refractivity (Wildman–Crippen MR) is 117 cm³/mol. The van der Waals surface area contributed by atoms with E-state index in [0.29, 0.717) is 29.3 Å². The lowest BCUT2D eigenvalue weighted by molar-refractivity contribution is 0.0958. The molecule has 0 aliphatic rings. The van der Waals surface area contributed by atoms with Gasteiger partial charge in [0.2, 0.25) is 0 Å². The zero-order valence-electron chi connectivity index (χ0n) is 16.6. The first kappa shape index (κ1) is 19.2. The molecular formula is C23H22N2O3S. The van der Waals surface area contributed by atoms with Crippen LogP contribution in [0, 0.1) is 6.92 Å². The van der Waals surface area contributed by atoms with Crippen molar-refractivity contribution in [3.8, 4) is 11.5 Å². The van der Waals surface area contributed by atoms with E-state index in [1.807, 2.05) is 30.3 Å². The zero-order chi connectivity index (χ0) is 20.4. The highest BCUT2D eigenvalue weighted by Gasteiger charge is 2.12. The van der Waals surface area contributed by atoms with Crippen LogP contribution in [0.15, 0.2) is 48.5 Å². The van der Waals surface area contributed by atoms with E-state index in [2.05, 4.69) is 30.4 Å². The summed E-state index contributed by atoms with van der Waals surface area (Å²) in [5, 5.41) is 5.09. The second-order valence-corrected chi connectivity index (χ2v) is 7.92. The summed E-state index contributed by atoms with van der Waals surface area (Å²) in [4.78, 5) is 18.9. The molecule has 1 N–H and O–H groups in total. The van der Waals surface area contributed by atoms with Gasteiger partial charge in [0, 0.05) is 17.3 Å². The molecule has 29 heavy (non-hydrogen) atoms. The molecule has 1 amide bonds. The van der Waals surface area contributed by atoms with E-state index in [1.54, 1.807) is 14.2 Å². The average Bonchev–Trinajstić information content (AvgIpc) is 3.14. The zero-order valence-corrected chi connectivity index (χ0v) is 17.4. The van der Waals surface area contributed by atoms with Crippen LogP contribution in [0.3, 0.4) is 0 Å². The fourth-order valence-corrected chi connectivity index (χ4v) is 4.25. The van der Waals surface area contributed by atoms with E-state index in [-0.39, 0.29) is 5.91 Å². The number of amides is 1. The van der Waals surface area contributed by atoms with E-state index >= 15 is 0 Å². The van der Waals surface area contributed by atoms with Crippen molar-refractivity contribution in [2.45, 2.75) is 13.3 Å². The summed E-state index contributed by atoms with van der Waals surface area (Å²) in [5.41, 5.74) is 3.22. The quantitative estimate of drug-likeness (QED) is 0.502. The molecule has 4 rings (SSSR count). The number of hydrogen-bond acceptors (Lipinski definition) is 5. The fraction of sp³-hybridized carbons (Fsp3) is 0.217. The van der Waals surface area contributed by atoms with Gasteiger partial charge in [-0.25, -0.2) is 4.98 Å². The van der Waals surface area contributed by atoms with Crippen LogP contribution in [0.25, 0.3) is 21.1 Å². The van der Waals surface area contributed by atoms with E-state index in [0.717, 1.165) is 26.7 Å². The fourth-order valence-electron chi connectivity index (χ4n) is 3.31. The minimum absolute atomic E-state index is 0.0753. The Hall–Kier alpha value is -3.12. The highest BCUT2D eigenvalue weighted by Crippen LogP contribution is 2.29. The van der Waals surface area contributed by atoms with Gasteiger partial charge in [0.1, 0.15) is 4.83 Å². The molecule has 6 heteroatoms. The third kappa shape index (κ3) is 4.03. The number of aromatic nitrogens is 1. The van der Waals surface area contributed by atoms with E-state index in [1.165, 1.54) is 16.9 Å². The van der Waals surface area contributed by atoms with Crippen molar-refractivity contribution in [2.75, 3.05) is 20.8 Å². The second-order valence-electron chi connectivity index (χ2n) is 6.88. The standard InChI is InChI=1S/C23H22N2O3S/c1-14-4-6-18-16(10-14)12-17-13-21(29-23(17)25-18)22(26)24-9-8-15-5-7-19(27-2)20(11-15)28-3/h4-7,10-13H,8-9H2,1-3H3,(H,24,26). The average molecular weight is 407 g/mol.